The maximum atomic E-state index is 12.6. The van der Waals surface area contributed by atoms with Crippen molar-refractivity contribution in [3.63, 3.8) is 0 Å². The first kappa shape index (κ1) is 16.2. The minimum Gasteiger partial charge on any atom is -0.312 e. The van der Waals surface area contributed by atoms with Gasteiger partial charge in [0.2, 0.25) is 10.0 Å². The molecule has 2 fully saturated rings. The molecule has 4 nitrogen and oxygen atoms in total. The molecule has 0 radical (unpaired) electrons. The molecule has 20 heavy (non-hydrogen) atoms. The van der Waals surface area contributed by atoms with Gasteiger partial charge in [0.1, 0.15) is 0 Å². The van der Waals surface area contributed by atoms with Gasteiger partial charge >= 0.3 is 0 Å². The van der Waals surface area contributed by atoms with Crippen LogP contribution in [0.3, 0.4) is 0 Å². The average molecular weight is 302 g/mol. The van der Waals surface area contributed by atoms with Crippen LogP contribution in [-0.2, 0) is 10.0 Å². The van der Waals surface area contributed by atoms with Gasteiger partial charge in [0.25, 0.3) is 0 Å². The number of sulfonamides is 1. The van der Waals surface area contributed by atoms with E-state index in [0.717, 1.165) is 32.2 Å². The third kappa shape index (κ3) is 5.01. The molecule has 1 saturated carbocycles. The standard InChI is InChI=1S/C15H30N2O2S/c1-15(2,3)9-11-20(18,19)17-10-5-4-6-14(17)12-16-13-7-8-13/h13-14,16H,4-12H2,1-3H3. The molecule has 2 rings (SSSR count). The third-order valence-electron chi connectivity index (χ3n) is 4.26. The first-order valence-electron chi connectivity index (χ1n) is 8.01. The first-order valence-corrected chi connectivity index (χ1v) is 9.62. The Balaban J connectivity index is 1.94. The Kier molecular flexibility index (Phi) is 5.14. The fourth-order valence-electron chi connectivity index (χ4n) is 2.69. The molecule has 118 valence electrons. The lowest BCUT2D eigenvalue weighted by atomic mass is 9.94. The van der Waals surface area contributed by atoms with Gasteiger partial charge in [-0.2, -0.15) is 4.31 Å². The molecule has 0 aromatic rings. The number of piperidine rings is 1. The Bertz CT molecular complexity index is 410. The van der Waals surface area contributed by atoms with Crippen molar-refractivity contribution in [3.05, 3.63) is 0 Å². The zero-order valence-corrected chi connectivity index (χ0v) is 14.0. The van der Waals surface area contributed by atoms with Crippen molar-refractivity contribution in [1.82, 2.24) is 9.62 Å². The zero-order valence-electron chi connectivity index (χ0n) is 13.2. The quantitative estimate of drug-likeness (QED) is 0.819. The van der Waals surface area contributed by atoms with Crippen LogP contribution in [-0.4, -0.2) is 43.6 Å². The van der Waals surface area contributed by atoms with Gasteiger partial charge in [-0.05, 0) is 37.5 Å². The van der Waals surface area contributed by atoms with Gasteiger partial charge in [-0.15, -0.1) is 0 Å². The second-order valence-corrected chi connectivity index (χ2v) is 9.61. The second-order valence-electron chi connectivity index (χ2n) is 7.57. The first-order chi connectivity index (χ1) is 9.28. The highest BCUT2D eigenvalue weighted by Crippen LogP contribution is 2.26. The Hall–Kier alpha value is -0.130. The van der Waals surface area contributed by atoms with Gasteiger partial charge in [-0.1, -0.05) is 27.2 Å². The van der Waals surface area contributed by atoms with Crippen LogP contribution < -0.4 is 5.32 Å². The summed E-state index contributed by atoms with van der Waals surface area (Å²) >= 11 is 0. The molecule has 1 saturated heterocycles. The van der Waals surface area contributed by atoms with E-state index in [1.165, 1.54) is 12.8 Å². The summed E-state index contributed by atoms with van der Waals surface area (Å²) in [5.74, 6) is 0.288. The van der Waals surface area contributed by atoms with Crippen molar-refractivity contribution in [2.45, 2.75) is 71.4 Å². The van der Waals surface area contributed by atoms with Crippen molar-refractivity contribution in [2.24, 2.45) is 5.41 Å². The van der Waals surface area contributed by atoms with Crippen LogP contribution in [0.4, 0.5) is 0 Å². The Morgan fingerprint density at radius 2 is 1.85 bits per heavy atom. The summed E-state index contributed by atoms with van der Waals surface area (Å²) in [6.45, 7) is 7.85. The van der Waals surface area contributed by atoms with Crippen molar-refractivity contribution in [2.75, 3.05) is 18.8 Å². The van der Waals surface area contributed by atoms with Gasteiger partial charge in [-0.3, -0.25) is 0 Å². The molecule has 1 N–H and O–H groups in total. The Morgan fingerprint density at radius 3 is 2.45 bits per heavy atom. The van der Waals surface area contributed by atoms with Gasteiger partial charge in [0.15, 0.2) is 0 Å². The van der Waals surface area contributed by atoms with Crippen LogP contribution in [0.25, 0.3) is 0 Å². The zero-order chi connectivity index (χ0) is 14.8. The monoisotopic (exact) mass is 302 g/mol. The van der Waals surface area contributed by atoms with Gasteiger partial charge in [-0.25, -0.2) is 8.42 Å². The molecule has 0 aromatic heterocycles. The summed E-state index contributed by atoms with van der Waals surface area (Å²) in [6.07, 6.45) is 6.41. The number of nitrogens with zero attached hydrogens (tertiary/aromatic N) is 1. The van der Waals surface area contributed by atoms with Crippen LogP contribution in [0.1, 0.15) is 59.3 Å². The van der Waals surface area contributed by atoms with Crippen LogP contribution in [0.2, 0.25) is 0 Å². The topological polar surface area (TPSA) is 49.4 Å². The molecule has 1 aliphatic heterocycles. The summed E-state index contributed by atoms with van der Waals surface area (Å²) < 4.78 is 27.0. The SMILES string of the molecule is CC(C)(C)CCS(=O)(=O)N1CCCCC1CNC1CC1. The summed E-state index contributed by atoms with van der Waals surface area (Å²) in [7, 11) is -3.10. The van der Waals surface area contributed by atoms with Crippen molar-refractivity contribution < 1.29 is 8.42 Å². The number of hydrogen-bond acceptors (Lipinski definition) is 3. The average Bonchev–Trinajstić information content (AvgIpc) is 3.18. The lowest BCUT2D eigenvalue weighted by Crippen LogP contribution is -2.49. The van der Waals surface area contributed by atoms with Crippen molar-refractivity contribution in [3.8, 4) is 0 Å². The molecular weight excluding hydrogens is 272 g/mol. The maximum Gasteiger partial charge on any atom is 0.214 e. The Labute approximate surface area is 124 Å². The minimum absolute atomic E-state index is 0.0740. The predicted octanol–water partition coefficient (Wildman–Crippen LogP) is 2.36. The highest BCUT2D eigenvalue weighted by atomic mass is 32.2. The largest absolute Gasteiger partial charge is 0.312 e. The van der Waals surface area contributed by atoms with Crippen LogP contribution in [0, 0.1) is 5.41 Å². The summed E-state index contributed by atoms with van der Waals surface area (Å²) in [4.78, 5) is 0. The van der Waals surface area contributed by atoms with Crippen molar-refractivity contribution in [1.29, 1.82) is 0 Å². The lowest BCUT2D eigenvalue weighted by molar-refractivity contribution is 0.243. The fraction of sp³-hybridized carbons (Fsp3) is 1.00. The summed E-state index contributed by atoms with van der Waals surface area (Å²) in [5, 5.41) is 3.49. The fourth-order valence-corrected chi connectivity index (χ4v) is 4.83. The molecule has 5 heteroatoms. The Morgan fingerprint density at radius 1 is 1.15 bits per heavy atom. The van der Waals surface area contributed by atoms with E-state index in [4.69, 9.17) is 0 Å². The number of hydrogen-bond donors (Lipinski definition) is 1. The smallest absolute Gasteiger partial charge is 0.214 e. The molecular formula is C15H30N2O2S. The number of rotatable bonds is 6. The highest BCUT2D eigenvalue weighted by molar-refractivity contribution is 7.89. The highest BCUT2D eigenvalue weighted by Gasteiger charge is 2.33. The lowest BCUT2D eigenvalue weighted by Gasteiger charge is -2.35. The van der Waals surface area contributed by atoms with Gasteiger partial charge < -0.3 is 5.32 Å². The molecule has 0 aromatic carbocycles. The second kappa shape index (κ2) is 6.32. The van der Waals surface area contributed by atoms with E-state index >= 15 is 0 Å². The summed E-state index contributed by atoms with van der Waals surface area (Å²) in [5.41, 5.74) is 0.0740. The predicted molar refractivity (Wildman–Crippen MR) is 83.2 cm³/mol. The summed E-state index contributed by atoms with van der Waals surface area (Å²) in [6, 6.07) is 0.824. The van der Waals surface area contributed by atoms with E-state index in [1.54, 1.807) is 4.31 Å². The minimum atomic E-state index is -3.10. The molecule has 0 bridgehead atoms. The molecule has 2 aliphatic rings. The molecule has 1 atom stereocenters. The molecule has 0 spiro atoms. The van der Waals surface area contributed by atoms with E-state index in [0.29, 0.717) is 12.6 Å². The molecule has 1 unspecified atom stereocenters. The van der Waals surface area contributed by atoms with E-state index in [9.17, 15) is 8.42 Å². The molecule has 1 heterocycles. The van der Waals surface area contributed by atoms with Crippen molar-refractivity contribution >= 4 is 10.0 Å². The van der Waals surface area contributed by atoms with E-state index < -0.39 is 10.0 Å². The normalized spacial score (nSPS) is 25.9. The number of nitrogens with one attached hydrogen (secondary N) is 1. The van der Waals surface area contributed by atoms with Crippen LogP contribution in [0.5, 0.6) is 0 Å². The van der Waals surface area contributed by atoms with Crippen LogP contribution in [0.15, 0.2) is 0 Å². The van der Waals surface area contributed by atoms with Crippen LogP contribution >= 0.6 is 0 Å². The molecule has 1 aliphatic carbocycles. The van der Waals surface area contributed by atoms with E-state index in [1.807, 2.05) is 0 Å². The van der Waals surface area contributed by atoms with E-state index in [2.05, 4.69) is 26.1 Å². The van der Waals surface area contributed by atoms with E-state index in [-0.39, 0.29) is 17.2 Å². The third-order valence-corrected chi connectivity index (χ3v) is 6.18. The maximum absolute atomic E-state index is 12.6. The van der Waals surface area contributed by atoms with Gasteiger partial charge in [0, 0.05) is 25.2 Å². The molecule has 0 amide bonds. The van der Waals surface area contributed by atoms with Gasteiger partial charge in [0.05, 0.1) is 5.75 Å².